The first-order chi connectivity index (χ1) is 9.39. The van der Waals surface area contributed by atoms with E-state index < -0.39 is 5.82 Å². The Balaban J connectivity index is 1.93. The van der Waals surface area contributed by atoms with Gasteiger partial charge in [0.05, 0.1) is 0 Å². The van der Waals surface area contributed by atoms with E-state index in [-0.39, 0.29) is 16.2 Å². The van der Waals surface area contributed by atoms with Crippen LogP contribution in [0.25, 0.3) is 0 Å². The minimum Gasteiger partial charge on any atom is -0.351 e. The van der Waals surface area contributed by atoms with Gasteiger partial charge in [-0.25, -0.2) is 4.39 Å². The zero-order valence-electron chi connectivity index (χ0n) is 11.9. The molecule has 110 valence electrons. The fraction of sp³-hybridized carbons (Fsp3) is 0.533. The molecule has 1 aliphatic rings. The number of piperidine rings is 1. The lowest BCUT2D eigenvalue weighted by atomic mass is 9.80. The number of benzene rings is 1. The summed E-state index contributed by atoms with van der Waals surface area (Å²) in [4.78, 5) is 14.6. The van der Waals surface area contributed by atoms with Crippen LogP contribution in [0.4, 0.5) is 4.39 Å². The first-order valence-corrected chi connectivity index (χ1v) is 7.30. The van der Waals surface area contributed by atoms with Crippen molar-refractivity contribution >= 4 is 18.5 Å². The van der Waals surface area contributed by atoms with Gasteiger partial charge in [0, 0.05) is 17.0 Å². The van der Waals surface area contributed by atoms with Crippen LogP contribution in [-0.2, 0) is 0 Å². The SMILES string of the molecule is CN1CCC(C)(CNC(=O)c2ccc(F)c(S)c2)CC1. The fourth-order valence-corrected chi connectivity index (χ4v) is 2.60. The molecule has 1 aliphatic heterocycles. The van der Waals surface area contributed by atoms with Crippen molar-refractivity contribution in [3.05, 3.63) is 29.6 Å². The van der Waals surface area contributed by atoms with E-state index in [2.05, 4.69) is 36.8 Å². The van der Waals surface area contributed by atoms with Gasteiger partial charge in [0.1, 0.15) is 5.82 Å². The predicted molar refractivity (Wildman–Crippen MR) is 80.8 cm³/mol. The third-order valence-corrected chi connectivity index (χ3v) is 4.42. The Kier molecular flexibility index (Phi) is 4.70. The number of nitrogens with zero attached hydrogens (tertiary/aromatic N) is 1. The third kappa shape index (κ3) is 3.73. The Morgan fingerprint density at radius 3 is 2.70 bits per heavy atom. The zero-order valence-corrected chi connectivity index (χ0v) is 12.8. The number of carbonyl (C=O) groups is 1. The van der Waals surface area contributed by atoms with E-state index in [1.807, 2.05) is 0 Å². The van der Waals surface area contributed by atoms with Crippen molar-refractivity contribution in [1.82, 2.24) is 10.2 Å². The second-order valence-electron chi connectivity index (χ2n) is 5.96. The highest BCUT2D eigenvalue weighted by atomic mass is 32.1. The maximum atomic E-state index is 13.1. The predicted octanol–water partition coefficient (Wildman–Crippen LogP) is 2.58. The van der Waals surface area contributed by atoms with Crippen molar-refractivity contribution in [2.75, 3.05) is 26.7 Å². The summed E-state index contributed by atoms with van der Waals surface area (Å²) in [6, 6.07) is 4.22. The summed E-state index contributed by atoms with van der Waals surface area (Å²) < 4.78 is 13.1. The number of rotatable bonds is 3. The van der Waals surface area contributed by atoms with Gasteiger partial charge in [0.25, 0.3) is 5.91 Å². The normalized spacial score (nSPS) is 18.8. The van der Waals surface area contributed by atoms with Crippen LogP contribution in [0, 0.1) is 11.2 Å². The van der Waals surface area contributed by atoms with Crippen molar-refractivity contribution in [2.45, 2.75) is 24.7 Å². The number of amides is 1. The molecule has 5 heteroatoms. The highest BCUT2D eigenvalue weighted by molar-refractivity contribution is 7.80. The van der Waals surface area contributed by atoms with Crippen LogP contribution in [0.3, 0.4) is 0 Å². The molecule has 0 bridgehead atoms. The van der Waals surface area contributed by atoms with Crippen LogP contribution >= 0.6 is 12.6 Å². The molecule has 1 fully saturated rings. The highest BCUT2D eigenvalue weighted by Crippen LogP contribution is 2.29. The Hall–Kier alpha value is -1.07. The van der Waals surface area contributed by atoms with E-state index in [1.165, 1.54) is 18.2 Å². The Morgan fingerprint density at radius 1 is 1.45 bits per heavy atom. The first-order valence-electron chi connectivity index (χ1n) is 6.85. The summed E-state index contributed by atoms with van der Waals surface area (Å²) in [6.45, 7) is 4.97. The Labute approximate surface area is 125 Å². The molecule has 0 aliphatic carbocycles. The molecule has 0 radical (unpaired) electrons. The summed E-state index contributed by atoms with van der Waals surface area (Å²) in [5.74, 6) is -0.576. The monoisotopic (exact) mass is 296 g/mol. The molecule has 1 amide bonds. The summed E-state index contributed by atoms with van der Waals surface area (Å²) in [7, 11) is 2.12. The summed E-state index contributed by atoms with van der Waals surface area (Å²) >= 11 is 4.00. The molecular weight excluding hydrogens is 275 g/mol. The molecule has 0 saturated carbocycles. The molecular formula is C15H21FN2OS. The Bertz CT molecular complexity index is 499. The standard InChI is InChI=1S/C15H21FN2OS/c1-15(5-7-18(2)8-6-15)10-17-14(19)11-3-4-12(16)13(20)9-11/h3-4,9,20H,5-8,10H2,1-2H3,(H,17,19). The molecule has 1 saturated heterocycles. The quantitative estimate of drug-likeness (QED) is 0.840. The molecule has 1 heterocycles. The lowest BCUT2D eigenvalue weighted by Crippen LogP contribution is -2.43. The van der Waals surface area contributed by atoms with Crippen LogP contribution in [0.5, 0.6) is 0 Å². The van der Waals surface area contributed by atoms with Crippen LogP contribution < -0.4 is 5.32 Å². The number of likely N-dealkylation sites (tertiary alicyclic amines) is 1. The van der Waals surface area contributed by atoms with Crippen molar-refractivity contribution < 1.29 is 9.18 Å². The fourth-order valence-electron chi connectivity index (χ4n) is 2.38. The maximum Gasteiger partial charge on any atom is 0.251 e. The van der Waals surface area contributed by atoms with E-state index in [0.717, 1.165) is 25.9 Å². The largest absolute Gasteiger partial charge is 0.351 e. The van der Waals surface area contributed by atoms with Crippen molar-refractivity contribution in [3.8, 4) is 0 Å². The van der Waals surface area contributed by atoms with Crippen LogP contribution in [0.2, 0.25) is 0 Å². The van der Waals surface area contributed by atoms with E-state index >= 15 is 0 Å². The van der Waals surface area contributed by atoms with E-state index in [1.54, 1.807) is 0 Å². The Morgan fingerprint density at radius 2 is 2.10 bits per heavy atom. The van der Waals surface area contributed by atoms with Crippen LogP contribution in [0.15, 0.2) is 23.1 Å². The summed E-state index contributed by atoms with van der Waals surface area (Å²) in [5.41, 5.74) is 0.597. The van der Waals surface area contributed by atoms with Crippen molar-refractivity contribution in [3.63, 3.8) is 0 Å². The molecule has 20 heavy (non-hydrogen) atoms. The molecule has 2 rings (SSSR count). The smallest absolute Gasteiger partial charge is 0.251 e. The van der Waals surface area contributed by atoms with Gasteiger partial charge in [0.2, 0.25) is 0 Å². The van der Waals surface area contributed by atoms with Gasteiger partial charge in [-0.1, -0.05) is 6.92 Å². The lowest BCUT2D eigenvalue weighted by Gasteiger charge is -2.37. The van der Waals surface area contributed by atoms with Gasteiger partial charge in [0.15, 0.2) is 0 Å². The molecule has 3 nitrogen and oxygen atoms in total. The minimum atomic E-state index is -0.410. The topological polar surface area (TPSA) is 32.3 Å². The molecule has 0 aromatic heterocycles. The van der Waals surface area contributed by atoms with Crippen LogP contribution in [-0.4, -0.2) is 37.5 Å². The minimum absolute atomic E-state index is 0.145. The molecule has 1 N–H and O–H groups in total. The molecule has 0 atom stereocenters. The molecule has 0 spiro atoms. The average Bonchev–Trinajstić information content (AvgIpc) is 2.43. The van der Waals surface area contributed by atoms with E-state index in [4.69, 9.17) is 0 Å². The molecule has 1 aromatic rings. The van der Waals surface area contributed by atoms with Crippen molar-refractivity contribution in [2.24, 2.45) is 5.41 Å². The number of carbonyl (C=O) groups excluding carboxylic acids is 1. The third-order valence-electron chi connectivity index (χ3n) is 4.08. The van der Waals surface area contributed by atoms with Gasteiger partial charge in [-0.05, 0) is 56.6 Å². The second-order valence-corrected chi connectivity index (χ2v) is 6.44. The van der Waals surface area contributed by atoms with E-state index in [0.29, 0.717) is 12.1 Å². The molecule has 1 aromatic carbocycles. The summed E-state index contributed by atoms with van der Waals surface area (Å²) in [5, 5.41) is 2.96. The number of hydrogen-bond donors (Lipinski definition) is 2. The van der Waals surface area contributed by atoms with Gasteiger partial charge in [-0.3, -0.25) is 4.79 Å². The second kappa shape index (κ2) is 6.14. The van der Waals surface area contributed by atoms with Gasteiger partial charge in [-0.15, -0.1) is 12.6 Å². The van der Waals surface area contributed by atoms with E-state index in [9.17, 15) is 9.18 Å². The molecule has 0 unspecified atom stereocenters. The van der Waals surface area contributed by atoms with Gasteiger partial charge < -0.3 is 10.2 Å². The summed E-state index contributed by atoms with van der Waals surface area (Å²) in [6.07, 6.45) is 2.15. The number of nitrogens with one attached hydrogen (secondary N) is 1. The lowest BCUT2D eigenvalue weighted by molar-refractivity contribution is 0.0891. The highest BCUT2D eigenvalue weighted by Gasteiger charge is 2.29. The van der Waals surface area contributed by atoms with Gasteiger partial charge >= 0.3 is 0 Å². The number of halogens is 1. The van der Waals surface area contributed by atoms with Crippen LogP contribution in [0.1, 0.15) is 30.1 Å². The first kappa shape index (κ1) is 15.3. The zero-order chi connectivity index (χ0) is 14.8. The number of hydrogen-bond acceptors (Lipinski definition) is 3. The average molecular weight is 296 g/mol. The van der Waals surface area contributed by atoms with Crippen molar-refractivity contribution in [1.29, 1.82) is 0 Å². The number of thiol groups is 1. The maximum absolute atomic E-state index is 13.1. The van der Waals surface area contributed by atoms with Gasteiger partial charge in [-0.2, -0.15) is 0 Å².